The maximum Gasteiger partial charge on any atom is 0.417 e. The molecule has 0 aliphatic carbocycles. The fraction of sp³-hybridized carbons (Fsp3) is 0.214. The Labute approximate surface area is 117 Å². The summed E-state index contributed by atoms with van der Waals surface area (Å²) in [6.07, 6.45) is -3.87. The van der Waals surface area contributed by atoms with E-state index in [1.165, 1.54) is 6.07 Å². The summed E-state index contributed by atoms with van der Waals surface area (Å²) >= 11 is 0. The normalized spacial score (nSPS) is 11.5. The fourth-order valence-electron chi connectivity index (χ4n) is 1.65. The van der Waals surface area contributed by atoms with Crippen molar-refractivity contribution in [2.45, 2.75) is 19.7 Å². The number of aromatic nitrogens is 1. The summed E-state index contributed by atoms with van der Waals surface area (Å²) in [7, 11) is 0. The quantitative estimate of drug-likeness (QED) is 0.790. The van der Waals surface area contributed by atoms with Gasteiger partial charge in [-0.05, 0) is 24.6 Å². The molecule has 1 aromatic heterocycles. The molecule has 0 bridgehead atoms. The highest BCUT2D eigenvalue weighted by Crippen LogP contribution is 2.29. The Hall–Kier alpha value is -2.18. The lowest BCUT2D eigenvalue weighted by Crippen LogP contribution is -2.07. The minimum atomic E-state index is -4.49. The smallest absolute Gasteiger partial charge is 0.417 e. The second-order valence-electron chi connectivity index (χ2n) is 4.33. The van der Waals surface area contributed by atoms with Crippen LogP contribution < -0.4 is 4.74 Å². The van der Waals surface area contributed by atoms with Crippen molar-refractivity contribution in [1.29, 1.82) is 0 Å². The number of ether oxygens (including phenoxy) is 1. The van der Waals surface area contributed by atoms with E-state index in [0.29, 0.717) is 11.8 Å². The molecule has 0 atom stereocenters. The van der Waals surface area contributed by atoms with Crippen LogP contribution in [-0.2, 0) is 12.8 Å². The standard InChI is InChI=1S/C14H10F5NO/c1-8-2-4-11(15)13(16)10(8)7-21-12-5-3-9(6-20-12)14(17,18)19/h2-6H,7H2,1H3. The van der Waals surface area contributed by atoms with Crippen LogP contribution in [0.25, 0.3) is 0 Å². The summed E-state index contributed by atoms with van der Waals surface area (Å²) in [5.41, 5.74) is -0.444. The highest BCUT2D eigenvalue weighted by atomic mass is 19.4. The van der Waals surface area contributed by atoms with E-state index < -0.39 is 23.4 Å². The number of hydrogen-bond acceptors (Lipinski definition) is 2. The maximum absolute atomic E-state index is 13.6. The first-order valence-electron chi connectivity index (χ1n) is 5.88. The molecular weight excluding hydrogens is 293 g/mol. The van der Waals surface area contributed by atoms with Crippen molar-refractivity contribution in [2.24, 2.45) is 0 Å². The van der Waals surface area contributed by atoms with E-state index in [1.54, 1.807) is 6.92 Å². The van der Waals surface area contributed by atoms with E-state index in [2.05, 4.69) is 4.98 Å². The van der Waals surface area contributed by atoms with Gasteiger partial charge in [-0.25, -0.2) is 13.8 Å². The molecule has 0 unspecified atom stereocenters. The molecule has 1 aromatic carbocycles. The van der Waals surface area contributed by atoms with Crippen molar-refractivity contribution < 1.29 is 26.7 Å². The third-order valence-electron chi connectivity index (χ3n) is 2.86. The van der Waals surface area contributed by atoms with Crippen LogP contribution in [0.1, 0.15) is 16.7 Å². The fourth-order valence-corrected chi connectivity index (χ4v) is 1.65. The van der Waals surface area contributed by atoms with Gasteiger partial charge in [0.15, 0.2) is 11.6 Å². The molecule has 2 aromatic rings. The van der Waals surface area contributed by atoms with Crippen molar-refractivity contribution in [3.05, 3.63) is 58.8 Å². The van der Waals surface area contributed by atoms with Crippen LogP contribution in [0.2, 0.25) is 0 Å². The molecule has 0 amide bonds. The molecule has 0 fully saturated rings. The lowest BCUT2D eigenvalue weighted by molar-refractivity contribution is -0.137. The Morgan fingerprint density at radius 2 is 1.81 bits per heavy atom. The maximum atomic E-state index is 13.6. The lowest BCUT2D eigenvalue weighted by atomic mass is 10.1. The number of nitrogens with zero attached hydrogens (tertiary/aromatic N) is 1. The van der Waals surface area contributed by atoms with Gasteiger partial charge in [0.1, 0.15) is 6.61 Å². The van der Waals surface area contributed by atoms with Crippen molar-refractivity contribution in [1.82, 2.24) is 4.98 Å². The van der Waals surface area contributed by atoms with E-state index in [4.69, 9.17) is 4.74 Å². The molecule has 112 valence electrons. The Morgan fingerprint density at radius 1 is 1.10 bits per heavy atom. The molecular formula is C14H10F5NO. The van der Waals surface area contributed by atoms with Crippen molar-refractivity contribution in [3.63, 3.8) is 0 Å². The Morgan fingerprint density at radius 3 is 2.38 bits per heavy atom. The van der Waals surface area contributed by atoms with E-state index >= 15 is 0 Å². The number of hydrogen-bond donors (Lipinski definition) is 0. The number of benzene rings is 1. The highest BCUT2D eigenvalue weighted by Gasteiger charge is 2.30. The molecule has 2 nitrogen and oxygen atoms in total. The molecule has 0 radical (unpaired) electrons. The molecule has 0 aliphatic rings. The Bertz CT molecular complexity index is 637. The van der Waals surface area contributed by atoms with Gasteiger partial charge >= 0.3 is 6.18 Å². The van der Waals surface area contributed by atoms with Crippen LogP contribution in [0, 0.1) is 18.6 Å². The van der Waals surface area contributed by atoms with Crippen molar-refractivity contribution in [2.75, 3.05) is 0 Å². The van der Waals surface area contributed by atoms with E-state index in [-0.39, 0.29) is 18.1 Å². The van der Waals surface area contributed by atoms with E-state index in [0.717, 1.165) is 18.2 Å². The summed E-state index contributed by atoms with van der Waals surface area (Å²) in [6.45, 7) is 1.25. The Kier molecular flexibility index (Phi) is 4.11. The monoisotopic (exact) mass is 303 g/mol. The molecule has 1 heterocycles. The van der Waals surface area contributed by atoms with Gasteiger partial charge < -0.3 is 4.74 Å². The molecule has 0 N–H and O–H groups in total. The minimum Gasteiger partial charge on any atom is -0.473 e. The highest BCUT2D eigenvalue weighted by molar-refractivity contribution is 5.28. The third kappa shape index (κ3) is 3.48. The van der Waals surface area contributed by atoms with Crippen LogP contribution in [0.3, 0.4) is 0 Å². The summed E-state index contributed by atoms with van der Waals surface area (Å²) < 4.78 is 68.8. The van der Waals surface area contributed by atoms with Crippen LogP contribution in [0.4, 0.5) is 22.0 Å². The van der Waals surface area contributed by atoms with Crippen LogP contribution in [0.15, 0.2) is 30.5 Å². The van der Waals surface area contributed by atoms with Gasteiger partial charge in [0, 0.05) is 17.8 Å². The Balaban J connectivity index is 2.12. The predicted molar refractivity (Wildman–Crippen MR) is 64.7 cm³/mol. The number of aryl methyl sites for hydroxylation is 1. The van der Waals surface area contributed by atoms with Gasteiger partial charge in [-0.1, -0.05) is 6.07 Å². The van der Waals surface area contributed by atoms with Crippen molar-refractivity contribution >= 4 is 0 Å². The molecule has 0 saturated heterocycles. The van der Waals surface area contributed by atoms with Crippen LogP contribution in [0.5, 0.6) is 5.88 Å². The first kappa shape index (κ1) is 15.2. The van der Waals surface area contributed by atoms with Gasteiger partial charge in [0.05, 0.1) is 5.56 Å². The minimum absolute atomic E-state index is 0.00306. The number of pyridine rings is 1. The zero-order chi connectivity index (χ0) is 15.6. The topological polar surface area (TPSA) is 22.1 Å². The zero-order valence-corrected chi connectivity index (χ0v) is 10.8. The van der Waals surface area contributed by atoms with Gasteiger partial charge in [-0.2, -0.15) is 13.2 Å². The SMILES string of the molecule is Cc1ccc(F)c(F)c1COc1ccc(C(F)(F)F)cn1. The zero-order valence-electron chi connectivity index (χ0n) is 10.8. The average Bonchev–Trinajstić information content (AvgIpc) is 2.43. The molecule has 0 saturated carbocycles. The second-order valence-corrected chi connectivity index (χ2v) is 4.33. The number of alkyl halides is 3. The van der Waals surface area contributed by atoms with Gasteiger partial charge in [-0.15, -0.1) is 0 Å². The van der Waals surface area contributed by atoms with E-state index in [9.17, 15) is 22.0 Å². The molecule has 2 rings (SSSR count). The van der Waals surface area contributed by atoms with Crippen molar-refractivity contribution in [3.8, 4) is 5.88 Å². The second kappa shape index (κ2) is 5.67. The first-order chi connectivity index (χ1) is 9.79. The van der Waals surface area contributed by atoms with Crippen LogP contribution >= 0.6 is 0 Å². The predicted octanol–water partition coefficient (Wildman–Crippen LogP) is 4.27. The molecule has 7 heteroatoms. The van der Waals surface area contributed by atoms with Gasteiger partial charge in [0.25, 0.3) is 0 Å². The third-order valence-corrected chi connectivity index (χ3v) is 2.86. The lowest BCUT2D eigenvalue weighted by Gasteiger charge is -2.10. The van der Waals surface area contributed by atoms with Crippen LogP contribution in [-0.4, -0.2) is 4.98 Å². The summed E-state index contributed by atoms with van der Waals surface area (Å²) in [6, 6.07) is 4.20. The average molecular weight is 303 g/mol. The summed E-state index contributed by atoms with van der Waals surface area (Å²) in [4.78, 5) is 3.48. The first-order valence-corrected chi connectivity index (χ1v) is 5.88. The van der Waals surface area contributed by atoms with E-state index in [1.807, 2.05) is 0 Å². The molecule has 0 aliphatic heterocycles. The van der Waals surface area contributed by atoms with Gasteiger partial charge in [-0.3, -0.25) is 0 Å². The summed E-state index contributed by atoms with van der Waals surface area (Å²) in [5, 5.41) is 0. The molecule has 0 spiro atoms. The largest absolute Gasteiger partial charge is 0.473 e. The number of halogens is 5. The number of rotatable bonds is 3. The molecule has 21 heavy (non-hydrogen) atoms. The van der Waals surface area contributed by atoms with Gasteiger partial charge in [0.2, 0.25) is 5.88 Å². The summed E-state index contributed by atoms with van der Waals surface area (Å²) in [5.74, 6) is -2.16.